The van der Waals surface area contributed by atoms with Crippen molar-refractivity contribution in [2.45, 2.75) is 12.8 Å². The van der Waals surface area contributed by atoms with E-state index in [2.05, 4.69) is 34.9 Å². The van der Waals surface area contributed by atoms with Gasteiger partial charge in [0.15, 0.2) is 0 Å². The number of amidine groups is 2. The summed E-state index contributed by atoms with van der Waals surface area (Å²) in [6.07, 6.45) is 1.76. The second kappa shape index (κ2) is 14.0. The maximum absolute atomic E-state index is 8.36. The lowest BCUT2D eigenvalue weighted by Gasteiger charge is -2.09. The molecule has 202 valence electrons. The first kappa shape index (κ1) is 28.4. The molecule has 0 fully saturated rings. The molecule has 4 aromatic carbocycles. The fourth-order valence-electron chi connectivity index (χ4n) is 4.41. The van der Waals surface area contributed by atoms with Gasteiger partial charge in [0.05, 0.1) is 0 Å². The van der Waals surface area contributed by atoms with Gasteiger partial charge in [-0.25, -0.2) is 0 Å². The predicted molar refractivity (Wildman–Crippen MR) is 167 cm³/mol. The summed E-state index contributed by atoms with van der Waals surface area (Å²) in [5.41, 5.74) is 6.12. The van der Waals surface area contributed by atoms with Crippen molar-refractivity contribution in [2.24, 2.45) is 0 Å². The Kier molecular flexibility index (Phi) is 9.92. The van der Waals surface area contributed by atoms with Crippen LogP contribution in [0, 0.1) is 10.8 Å². The molecule has 5 aromatic rings. The molecule has 0 aliphatic carbocycles. The summed E-state index contributed by atoms with van der Waals surface area (Å²) < 4.78 is 6.15. The Morgan fingerprint density at radius 1 is 0.500 bits per heavy atom. The molecule has 1 heterocycles. The third-order valence-electron chi connectivity index (χ3n) is 6.64. The van der Waals surface area contributed by atoms with Gasteiger partial charge in [-0.05, 0) is 36.1 Å². The Labute approximate surface area is 241 Å². The van der Waals surface area contributed by atoms with Crippen molar-refractivity contribution < 1.29 is 4.42 Å². The van der Waals surface area contributed by atoms with E-state index in [1.807, 2.05) is 97.1 Å². The van der Waals surface area contributed by atoms with Gasteiger partial charge in [0.25, 0.3) is 0 Å². The van der Waals surface area contributed by atoms with Crippen LogP contribution in [0.2, 0.25) is 0 Å². The van der Waals surface area contributed by atoms with Crippen LogP contribution in [0.3, 0.4) is 0 Å². The molecule has 6 heteroatoms. The Hall–Kier alpha value is -4.61. The zero-order valence-corrected chi connectivity index (χ0v) is 23.0. The molecule has 0 spiro atoms. The topological polar surface area (TPSA) is 84.9 Å². The molecule has 0 saturated heterocycles. The zero-order chi connectivity index (χ0) is 26.9. The van der Waals surface area contributed by atoms with E-state index in [0.29, 0.717) is 24.8 Å². The van der Waals surface area contributed by atoms with Gasteiger partial charge < -0.3 is 15.1 Å². The van der Waals surface area contributed by atoms with Crippen molar-refractivity contribution in [1.29, 1.82) is 10.8 Å². The number of furan rings is 1. The summed E-state index contributed by atoms with van der Waals surface area (Å²) in [5.74, 6) is 2.38. The monoisotopic (exact) mass is 548 g/mol. The molecule has 0 aliphatic heterocycles. The lowest BCUT2D eigenvalue weighted by Crippen LogP contribution is -2.25. The highest BCUT2D eigenvalue weighted by molar-refractivity contribution is 5.97. The highest BCUT2D eigenvalue weighted by Gasteiger charge is 2.09. The maximum atomic E-state index is 8.36. The molecule has 4 N–H and O–H groups in total. The minimum Gasteiger partial charge on any atom is -0.456 e. The third kappa shape index (κ3) is 7.49. The summed E-state index contributed by atoms with van der Waals surface area (Å²) in [5, 5.41) is 23.1. The quantitative estimate of drug-likeness (QED) is 0.109. The summed E-state index contributed by atoms with van der Waals surface area (Å²) in [6.45, 7) is 1.43. The first-order valence-corrected chi connectivity index (χ1v) is 13.2. The van der Waals surface area contributed by atoms with Gasteiger partial charge >= 0.3 is 0 Å². The number of hydrogen-bond acceptors (Lipinski definition) is 3. The molecule has 0 atom stereocenters. The zero-order valence-electron chi connectivity index (χ0n) is 22.2. The van der Waals surface area contributed by atoms with Crippen LogP contribution in [0.1, 0.15) is 22.3 Å². The number of halogens is 1. The standard InChI is InChI=1S/C34H32N4O.ClH/c35-33(37-23-21-25-7-3-1-4-8-25)29-15-11-27(12-16-29)31-19-20-32(39-31)28-13-17-30(18-14-28)34(36)38-24-22-26-9-5-2-6-10-26;/h1-20H,21-24H2,(H2,35,37)(H2,36,38);1H. The molecule has 0 aliphatic rings. The number of rotatable bonds is 10. The summed E-state index contributed by atoms with van der Waals surface area (Å²) >= 11 is 0. The van der Waals surface area contributed by atoms with E-state index in [9.17, 15) is 0 Å². The molecule has 40 heavy (non-hydrogen) atoms. The first-order valence-electron chi connectivity index (χ1n) is 13.2. The summed E-state index contributed by atoms with van der Waals surface area (Å²) in [4.78, 5) is 0. The van der Waals surface area contributed by atoms with Crippen molar-refractivity contribution in [2.75, 3.05) is 13.1 Å². The highest BCUT2D eigenvalue weighted by atomic mass is 35.5. The van der Waals surface area contributed by atoms with E-state index in [0.717, 1.165) is 46.6 Å². The molecule has 1 aromatic heterocycles. The Morgan fingerprint density at radius 3 is 1.25 bits per heavy atom. The fourth-order valence-corrected chi connectivity index (χ4v) is 4.41. The average Bonchev–Trinajstić information content (AvgIpc) is 3.49. The maximum Gasteiger partial charge on any atom is 0.134 e. The SMILES string of the molecule is Cl.N=C(NCCc1ccccc1)c1ccc(-c2ccc(-c3ccc(C(=N)NCCc4ccccc4)cc3)o2)cc1. The van der Waals surface area contributed by atoms with Gasteiger partial charge in [0, 0.05) is 35.3 Å². The second-order valence-electron chi connectivity index (χ2n) is 9.39. The van der Waals surface area contributed by atoms with Crippen molar-refractivity contribution in [3.63, 3.8) is 0 Å². The van der Waals surface area contributed by atoms with Gasteiger partial charge in [0.1, 0.15) is 23.2 Å². The van der Waals surface area contributed by atoms with E-state index in [4.69, 9.17) is 15.2 Å². The van der Waals surface area contributed by atoms with Crippen LogP contribution in [0.5, 0.6) is 0 Å². The van der Waals surface area contributed by atoms with Crippen LogP contribution in [0.4, 0.5) is 0 Å². The Bertz CT molecular complexity index is 1400. The molecule has 5 rings (SSSR count). The lowest BCUT2D eigenvalue weighted by atomic mass is 10.1. The predicted octanol–water partition coefficient (Wildman–Crippen LogP) is 7.35. The van der Waals surface area contributed by atoms with Crippen LogP contribution in [-0.2, 0) is 12.8 Å². The lowest BCUT2D eigenvalue weighted by molar-refractivity contribution is 0.597. The second-order valence-corrected chi connectivity index (χ2v) is 9.39. The number of nitrogens with one attached hydrogen (secondary N) is 4. The van der Waals surface area contributed by atoms with Crippen molar-refractivity contribution in [3.8, 4) is 22.6 Å². The van der Waals surface area contributed by atoms with E-state index < -0.39 is 0 Å². The van der Waals surface area contributed by atoms with Gasteiger partial charge in [0.2, 0.25) is 0 Å². The Balaban J connectivity index is 0.00000370. The summed E-state index contributed by atoms with van der Waals surface area (Å²) in [7, 11) is 0. The van der Waals surface area contributed by atoms with Gasteiger partial charge in [-0.1, -0.05) is 109 Å². The van der Waals surface area contributed by atoms with E-state index in [1.54, 1.807) is 0 Å². The van der Waals surface area contributed by atoms with E-state index in [1.165, 1.54) is 11.1 Å². The Morgan fingerprint density at radius 2 is 0.875 bits per heavy atom. The fraction of sp³-hybridized carbons (Fsp3) is 0.118. The van der Waals surface area contributed by atoms with Crippen LogP contribution in [0.25, 0.3) is 22.6 Å². The number of hydrogen-bond donors (Lipinski definition) is 4. The molecular weight excluding hydrogens is 516 g/mol. The van der Waals surface area contributed by atoms with Crippen molar-refractivity contribution in [1.82, 2.24) is 10.6 Å². The van der Waals surface area contributed by atoms with Gasteiger partial charge in [-0.15, -0.1) is 12.4 Å². The molecular formula is C34H33ClN4O. The third-order valence-corrected chi connectivity index (χ3v) is 6.64. The molecule has 5 nitrogen and oxygen atoms in total. The molecule has 0 amide bonds. The van der Waals surface area contributed by atoms with Crippen molar-refractivity contribution in [3.05, 3.63) is 144 Å². The van der Waals surface area contributed by atoms with Crippen LogP contribution < -0.4 is 10.6 Å². The smallest absolute Gasteiger partial charge is 0.134 e. The molecule has 0 radical (unpaired) electrons. The minimum atomic E-state index is 0. The highest BCUT2D eigenvalue weighted by Crippen LogP contribution is 2.29. The minimum absolute atomic E-state index is 0. The molecule has 0 unspecified atom stereocenters. The van der Waals surface area contributed by atoms with Gasteiger partial charge in [-0.3, -0.25) is 10.8 Å². The first-order chi connectivity index (χ1) is 19.2. The normalized spacial score (nSPS) is 10.4. The van der Waals surface area contributed by atoms with E-state index in [-0.39, 0.29) is 12.4 Å². The molecule has 0 bridgehead atoms. The summed E-state index contributed by atoms with van der Waals surface area (Å²) in [6, 6.07) is 40.2. The van der Waals surface area contributed by atoms with Crippen LogP contribution in [0.15, 0.2) is 126 Å². The average molecular weight is 549 g/mol. The van der Waals surface area contributed by atoms with Gasteiger partial charge in [-0.2, -0.15) is 0 Å². The molecule has 0 saturated carbocycles. The van der Waals surface area contributed by atoms with Crippen LogP contribution >= 0.6 is 12.4 Å². The van der Waals surface area contributed by atoms with Crippen LogP contribution in [-0.4, -0.2) is 24.8 Å². The number of benzene rings is 4. The largest absolute Gasteiger partial charge is 0.456 e. The van der Waals surface area contributed by atoms with Crippen molar-refractivity contribution >= 4 is 24.1 Å². The van der Waals surface area contributed by atoms with E-state index >= 15 is 0 Å².